The molecule has 0 fully saturated rings. The molecule has 0 unspecified atom stereocenters. The predicted molar refractivity (Wildman–Crippen MR) is 121 cm³/mol. The van der Waals surface area contributed by atoms with Crippen molar-refractivity contribution >= 4 is 23.7 Å². The monoisotopic (exact) mass is 448 g/mol. The number of halogens is 2. The largest absolute Gasteiger partial charge is 0.489 e. The number of nitrogens with zero attached hydrogens (tertiary/aromatic N) is 2. The first-order chi connectivity index (χ1) is 15.6. The lowest BCUT2D eigenvalue weighted by atomic mass is 10.1. The Kier molecular flexibility index (Phi) is 6.57. The number of H-pyrrole nitrogens is 1. The predicted octanol–water partition coefficient (Wildman–Crippen LogP) is 5.21. The Labute approximate surface area is 188 Å². The van der Waals surface area contributed by atoms with E-state index >= 15 is 0 Å². The standard InChI is InChI=1S/C24H18ClFN4O2/c25-21-4-2-1-3-18(21)15-32-20-11-7-17(8-12-20)22-13-23(29-28-22)24(31)30-27-14-16-5-9-19(26)10-6-16/h1-14H,15H2,(H,28,29)(H,30,31)/b27-14-. The van der Waals surface area contributed by atoms with Crippen LogP contribution in [0.1, 0.15) is 21.6 Å². The Morgan fingerprint density at radius 3 is 2.59 bits per heavy atom. The van der Waals surface area contributed by atoms with Crippen LogP contribution in [0.4, 0.5) is 4.39 Å². The van der Waals surface area contributed by atoms with Crippen molar-refractivity contribution in [2.45, 2.75) is 6.61 Å². The number of aromatic nitrogens is 2. The first kappa shape index (κ1) is 21.3. The molecule has 1 aromatic heterocycles. The topological polar surface area (TPSA) is 79.4 Å². The molecule has 0 saturated heterocycles. The molecule has 6 nitrogen and oxygen atoms in total. The molecule has 32 heavy (non-hydrogen) atoms. The fraction of sp³-hybridized carbons (Fsp3) is 0.0417. The number of benzene rings is 3. The van der Waals surface area contributed by atoms with Crippen molar-refractivity contribution in [3.05, 3.63) is 107 Å². The Hall–Kier alpha value is -3.97. The first-order valence-electron chi connectivity index (χ1n) is 9.69. The molecule has 0 atom stereocenters. The van der Waals surface area contributed by atoms with Gasteiger partial charge in [-0.1, -0.05) is 41.9 Å². The van der Waals surface area contributed by atoms with E-state index in [0.29, 0.717) is 28.6 Å². The molecule has 4 rings (SSSR count). The van der Waals surface area contributed by atoms with E-state index in [2.05, 4.69) is 20.7 Å². The quantitative estimate of drug-likeness (QED) is 0.301. The number of carbonyl (C=O) groups is 1. The lowest BCUT2D eigenvalue weighted by Gasteiger charge is -2.08. The second-order valence-electron chi connectivity index (χ2n) is 6.82. The summed E-state index contributed by atoms with van der Waals surface area (Å²) in [6.07, 6.45) is 1.43. The van der Waals surface area contributed by atoms with Crippen LogP contribution in [0.3, 0.4) is 0 Å². The molecule has 2 N–H and O–H groups in total. The highest BCUT2D eigenvalue weighted by Gasteiger charge is 2.11. The van der Waals surface area contributed by atoms with Crippen LogP contribution < -0.4 is 10.2 Å². The van der Waals surface area contributed by atoms with E-state index in [1.165, 1.54) is 18.3 Å². The molecule has 0 aliphatic rings. The third-order valence-corrected chi connectivity index (χ3v) is 4.94. The third-order valence-electron chi connectivity index (χ3n) is 4.57. The lowest BCUT2D eigenvalue weighted by molar-refractivity contribution is 0.0950. The van der Waals surface area contributed by atoms with Gasteiger partial charge in [-0.3, -0.25) is 9.89 Å². The van der Waals surface area contributed by atoms with Crippen LogP contribution in [-0.2, 0) is 6.61 Å². The maximum absolute atomic E-state index is 12.9. The molecule has 0 spiro atoms. The van der Waals surface area contributed by atoms with E-state index in [-0.39, 0.29) is 11.5 Å². The molecule has 1 heterocycles. The maximum atomic E-state index is 12.9. The van der Waals surface area contributed by atoms with E-state index in [1.807, 2.05) is 48.5 Å². The van der Waals surface area contributed by atoms with E-state index < -0.39 is 5.91 Å². The van der Waals surface area contributed by atoms with Crippen molar-refractivity contribution in [3.8, 4) is 17.0 Å². The van der Waals surface area contributed by atoms with Crippen molar-refractivity contribution in [3.63, 3.8) is 0 Å². The van der Waals surface area contributed by atoms with Crippen LogP contribution in [0.25, 0.3) is 11.3 Å². The number of rotatable bonds is 7. The number of carbonyl (C=O) groups excluding carboxylic acids is 1. The van der Waals surface area contributed by atoms with Gasteiger partial charge in [0.05, 0.1) is 11.9 Å². The van der Waals surface area contributed by atoms with Gasteiger partial charge in [-0.25, -0.2) is 9.82 Å². The van der Waals surface area contributed by atoms with Crippen LogP contribution in [0.15, 0.2) is 84.0 Å². The van der Waals surface area contributed by atoms with Crippen LogP contribution in [0, 0.1) is 5.82 Å². The minimum atomic E-state index is -0.443. The molecule has 8 heteroatoms. The van der Waals surface area contributed by atoms with Gasteiger partial charge < -0.3 is 4.74 Å². The second kappa shape index (κ2) is 9.89. The molecule has 0 aliphatic carbocycles. The number of hydrazone groups is 1. The first-order valence-corrected chi connectivity index (χ1v) is 10.1. The molecule has 0 saturated carbocycles. The van der Waals surface area contributed by atoms with Gasteiger partial charge in [0.2, 0.25) is 0 Å². The lowest BCUT2D eigenvalue weighted by Crippen LogP contribution is -2.17. The van der Waals surface area contributed by atoms with Crippen molar-refractivity contribution in [1.82, 2.24) is 15.6 Å². The SMILES string of the molecule is O=C(N/N=C\c1ccc(F)cc1)c1cc(-c2ccc(OCc3ccccc3Cl)cc2)n[nH]1. The fourth-order valence-corrected chi connectivity index (χ4v) is 3.05. The van der Waals surface area contributed by atoms with Crippen LogP contribution in [-0.4, -0.2) is 22.3 Å². The molecule has 3 aromatic carbocycles. The summed E-state index contributed by atoms with van der Waals surface area (Å²) >= 11 is 6.15. The zero-order valence-corrected chi connectivity index (χ0v) is 17.5. The third kappa shape index (κ3) is 5.39. The van der Waals surface area contributed by atoms with E-state index in [1.54, 1.807) is 18.2 Å². The summed E-state index contributed by atoms with van der Waals surface area (Å²) in [5, 5.41) is 11.4. The van der Waals surface area contributed by atoms with Gasteiger partial charge in [-0.15, -0.1) is 0 Å². The van der Waals surface area contributed by atoms with Crippen molar-refractivity contribution in [1.29, 1.82) is 0 Å². The Balaban J connectivity index is 1.34. The summed E-state index contributed by atoms with van der Waals surface area (Å²) in [4.78, 5) is 12.2. The van der Waals surface area contributed by atoms with E-state index in [9.17, 15) is 9.18 Å². The molecule has 4 aromatic rings. The van der Waals surface area contributed by atoms with Crippen molar-refractivity contribution < 1.29 is 13.9 Å². The number of hydrogen-bond donors (Lipinski definition) is 2. The second-order valence-corrected chi connectivity index (χ2v) is 7.23. The highest BCUT2D eigenvalue weighted by molar-refractivity contribution is 6.31. The molecule has 1 amide bonds. The zero-order chi connectivity index (χ0) is 22.3. The van der Waals surface area contributed by atoms with Crippen LogP contribution in [0.5, 0.6) is 5.75 Å². The number of aromatic amines is 1. The smallest absolute Gasteiger partial charge is 0.289 e. The summed E-state index contributed by atoms with van der Waals surface area (Å²) in [5.41, 5.74) is 5.66. The number of hydrogen-bond acceptors (Lipinski definition) is 4. The molecule has 0 bridgehead atoms. The van der Waals surface area contributed by atoms with Gasteiger partial charge in [-0.05, 0) is 54.1 Å². The summed E-state index contributed by atoms with van der Waals surface area (Å²) in [5.74, 6) is -0.0875. The molecular formula is C24H18ClFN4O2. The van der Waals surface area contributed by atoms with Gasteiger partial charge in [0.25, 0.3) is 5.91 Å². The minimum absolute atomic E-state index is 0.260. The maximum Gasteiger partial charge on any atom is 0.289 e. The number of nitrogens with one attached hydrogen (secondary N) is 2. The zero-order valence-electron chi connectivity index (χ0n) is 16.8. The number of ether oxygens (including phenoxy) is 1. The highest BCUT2D eigenvalue weighted by atomic mass is 35.5. The molecule has 0 aliphatic heterocycles. The summed E-state index contributed by atoms with van der Waals surface area (Å²) in [7, 11) is 0. The van der Waals surface area contributed by atoms with Crippen LogP contribution in [0.2, 0.25) is 5.02 Å². The summed E-state index contributed by atoms with van der Waals surface area (Å²) in [6.45, 7) is 0.365. The minimum Gasteiger partial charge on any atom is -0.489 e. The summed E-state index contributed by atoms with van der Waals surface area (Å²) < 4.78 is 18.7. The van der Waals surface area contributed by atoms with E-state index in [4.69, 9.17) is 16.3 Å². The molecule has 0 radical (unpaired) electrons. The van der Waals surface area contributed by atoms with Gasteiger partial charge in [0, 0.05) is 16.1 Å². The van der Waals surface area contributed by atoms with Crippen LogP contribution >= 0.6 is 11.6 Å². The molecular weight excluding hydrogens is 431 g/mol. The van der Waals surface area contributed by atoms with E-state index in [0.717, 1.165) is 11.1 Å². The van der Waals surface area contributed by atoms with Gasteiger partial charge in [0.15, 0.2) is 0 Å². The Morgan fingerprint density at radius 1 is 1.09 bits per heavy atom. The van der Waals surface area contributed by atoms with Gasteiger partial charge in [-0.2, -0.15) is 10.2 Å². The normalized spacial score (nSPS) is 10.9. The Bertz CT molecular complexity index is 1240. The Morgan fingerprint density at radius 2 is 1.84 bits per heavy atom. The van der Waals surface area contributed by atoms with Gasteiger partial charge in [0.1, 0.15) is 23.9 Å². The van der Waals surface area contributed by atoms with Crippen molar-refractivity contribution in [2.75, 3.05) is 0 Å². The average Bonchev–Trinajstić information content (AvgIpc) is 3.31. The average molecular weight is 449 g/mol. The fourth-order valence-electron chi connectivity index (χ4n) is 2.86. The van der Waals surface area contributed by atoms with Crippen molar-refractivity contribution in [2.24, 2.45) is 5.10 Å². The molecule has 160 valence electrons. The van der Waals surface area contributed by atoms with Gasteiger partial charge >= 0.3 is 0 Å². The number of amides is 1. The summed E-state index contributed by atoms with van der Waals surface area (Å²) in [6, 6.07) is 22.3. The highest BCUT2D eigenvalue weighted by Crippen LogP contribution is 2.23.